The van der Waals surface area contributed by atoms with Gasteiger partial charge in [-0.3, -0.25) is 0 Å². The van der Waals surface area contributed by atoms with Gasteiger partial charge in [0.25, 0.3) is 0 Å². The van der Waals surface area contributed by atoms with Gasteiger partial charge >= 0.3 is 0 Å². The van der Waals surface area contributed by atoms with E-state index < -0.39 is 0 Å². The molecule has 1 aromatic rings. The molecule has 1 aliphatic carbocycles. The van der Waals surface area contributed by atoms with E-state index in [4.69, 9.17) is 0 Å². The molecule has 0 heterocycles. The van der Waals surface area contributed by atoms with Gasteiger partial charge in [0.05, 0.1) is 5.76 Å². The van der Waals surface area contributed by atoms with Crippen LogP contribution in [0.15, 0.2) is 36.1 Å². The molecule has 0 unspecified atom stereocenters. The Labute approximate surface area is 78.7 Å². The maximum atomic E-state index is 9.70. The van der Waals surface area contributed by atoms with Crippen LogP contribution < -0.4 is 0 Å². The number of allylic oxidation sites excluding steroid dienone is 2. The second-order valence-electron chi connectivity index (χ2n) is 3.50. The number of benzene rings is 1. The normalized spacial score (nSPS) is 17.5. The largest absolute Gasteiger partial charge is 0.512 e. The Balaban J connectivity index is 2.35. The van der Waals surface area contributed by atoms with Crippen molar-refractivity contribution in [2.24, 2.45) is 0 Å². The molecule has 13 heavy (non-hydrogen) atoms. The van der Waals surface area contributed by atoms with Crippen LogP contribution >= 0.6 is 0 Å². The molecule has 2 rings (SSSR count). The van der Waals surface area contributed by atoms with E-state index in [1.807, 2.05) is 18.2 Å². The van der Waals surface area contributed by atoms with E-state index >= 15 is 0 Å². The average molecular weight is 174 g/mol. The number of rotatable bonds is 1. The van der Waals surface area contributed by atoms with Crippen molar-refractivity contribution in [2.75, 3.05) is 0 Å². The van der Waals surface area contributed by atoms with Crippen molar-refractivity contribution >= 4 is 5.57 Å². The third-order valence-corrected chi connectivity index (χ3v) is 2.56. The molecular weight excluding hydrogens is 160 g/mol. The fourth-order valence-electron chi connectivity index (χ4n) is 1.84. The van der Waals surface area contributed by atoms with Crippen LogP contribution in [-0.4, -0.2) is 5.11 Å². The highest BCUT2D eigenvalue weighted by molar-refractivity contribution is 5.67. The standard InChI is InChI=1S/C12H14O/c13-12-9-5-4-8-11(12)10-6-2-1-3-7-10/h1-3,6-7,13H,4-5,8-9H2. The zero-order valence-corrected chi connectivity index (χ0v) is 7.66. The Bertz CT molecular complexity index is 311. The SMILES string of the molecule is OC1=C(c2ccccc2)CCCC1. The predicted molar refractivity (Wildman–Crippen MR) is 54.5 cm³/mol. The third-order valence-electron chi connectivity index (χ3n) is 2.56. The molecule has 0 radical (unpaired) electrons. The first-order valence-electron chi connectivity index (χ1n) is 4.84. The van der Waals surface area contributed by atoms with Crippen molar-refractivity contribution in [2.45, 2.75) is 25.7 Å². The summed E-state index contributed by atoms with van der Waals surface area (Å²) in [7, 11) is 0. The molecular formula is C12H14O. The highest BCUT2D eigenvalue weighted by atomic mass is 16.3. The van der Waals surface area contributed by atoms with E-state index in [9.17, 15) is 5.11 Å². The first-order valence-corrected chi connectivity index (χ1v) is 4.84. The van der Waals surface area contributed by atoms with Gasteiger partial charge in [-0.2, -0.15) is 0 Å². The van der Waals surface area contributed by atoms with Crippen LogP contribution in [0.1, 0.15) is 31.2 Å². The molecule has 1 aromatic carbocycles. The first kappa shape index (κ1) is 8.36. The minimum atomic E-state index is 0.595. The van der Waals surface area contributed by atoms with Crippen molar-refractivity contribution in [3.63, 3.8) is 0 Å². The van der Waals surface area contributed by atoms with Crippen molar-refractivity contribution < 1.29 is 5.11 Å². The molecule has 0 fully saturated rings. The lowest BCUT2D eigenvalue weighted by molar-refractivity contribution is 0.374. The molecule has 0 saturated carbocycles. The summed E-state index contributed by atoms with van der Waals surface area (Å²) in [5, 5.41) is 9.70. The van der Waals surface area contributed by atoms with Crippen molar-refractivity contribution in [1.82, 2.24) is 0 Å². The molecule has 0 amide bonds. The summed E-state index contributed by atoms with van der Waals surface area (Å²) in [6.07, 6.45) is 4.20. The summed E-state index contributed by atoms with van der Waals surface area (Å²) >= 11 is 0. The molecule has 0 aromatic heterocycles. The third kappa shape index (κ3) is 1.74. The van der Waals surface area contributed by atoms with Gasteiger partial charge in [-0.1, -0.05) is 30.3 Å². The van der Waals surface area contributed by atoms with Crippen LogP contribution in [0.3, 0.4) is 0 Å². The molecule has 1 nitrogen and oxygen atoms in total. The summed E-state index contributed by atoms with van der Waals surface area (Å²) in [5.74, 6) is 0.595. The maximum Gasteiger partial charge on any atom is 0.0960 e. The van der Waals surface area contributed by atoms with Gasteiger partial charge in [0.1, 0.15) is 0 Å². The summed E-state index contributed by atoms with van der Waals surface area (Å²) in [4.78, 5) is 0. The minimum Gasteiger partial charge on any atom is -0.512 e. The van der Waals surface area contributed by atoms with Gasteiger partial charge < -0.3 is 5.11 Å². The van der Waals surface area contributed by atoms with Gasteiger partial charge in [-0.25, -0.2) is 0 Å². The smallest absolute Gasteiger partial charge is 0.0960 e. The fourth-order valence-corrected chi connectivity index (χ4v) is 1.84. The second-order valence-corrected chi connectivity index (χ2v) is 3.50. The molecule has 1 heteroatoms. The van der Waals surface area contributed by atoms with E-state index in [1.54, 1.807) is 0 Å². The Kier molecular flexibility index (Phi) is 2.35. The van der Waals surface area contributed by atoms with E-state index in [-0.39, 0.29) is 0 Å². The lowest BCUT2D eigenvalue weighted by atomic mass is 9.92. The highest BCUT2D eigenvalue weighted by Crippen LogP contribution is 2.30. The van der Waals surface area contributed by atoms with Gasteiger partial charge in [0, 0.05) is 6.42 Å². The highest BCUT2D eigenvalue weighted by Gasteiger charge is 2.12. The molecule has 68 valence electrons. The van der Waals surface area contributed by atoms with Crippen LogP contribution in [0, 0.1) is 0 Å². The number of hydrogen-bond donors (Lipinski definition) is 1. The topological polar surface area (TPSA) is 20.2 Å². The maximum absolute atomic E-state index is 9.70. The van der Waals surface area contributed by atoms with Crippen LogP contribution in [0.25, 0.3) is 5.57 Å². The lowest BCUT2D eigenvalue weighted by Gasteiger charge is -2.15. The Hall–Kier alpha value is -1.24. The number of aliphatic hydroxyl groups excluding tert-OH is 1. The average Bonchev–Trinajstić information content (AvgIpc) is 2.20. The van der Waals surface area contributed by atoms with E-state index in [0.717, 1.165) is 24.8 Å². The zero-order chi connectivity index (χ0) is 9.10. The number of aliphatic hydroxyl groups is 1. The Morgan fingerprint density at radius 3 is 2.31 bits per heavy atom. The molecule has 0 spiro atoms. The lowest BCUT2D eigenvalue weighted by Crippen LogP contribution is -1.98. The van der Waals surface area contributed by atoms with E-state index in [0.29, 0.717) is 5.76 Å². The summed E-state index contributed by atoms with van der Waals surface area (Å²) in [5.41, 5.74) is 2.33. The molecule has 0 saturated heterocycles. The molecule has 0 aliphatic heterocycles. The van der Waals surface area contributed by atoms with Crippen LogP contribution in [-0.2, 0) is 0 Å². The van der Waals surface area contributed by atoms with E-state index in [1.165, 1.54) is 12.0 Å². The van der Waals surface area contributed by atoms with E-state index in [2.05, 4.69) is 12.1 Å². The molecule has 0 atom stereocenters. The molecule has 0 bridgehead atoms. The first-order chi connectivity index (χ1) is 6.38. The van der Waals surface area contributed by atoms with Crippen molar-refractivity contribution in [1.29, 1.82) is 0 Å². The Morgan fingerprint density at radius 1 is 0.923 bits per heavy atom. The molecule has 1 N–H and O–H groups in total. The van der Waals surface area contributed by atoms with Crippen LogP contribution in [0.2, 0.25) is 0 Å². The van der Waals surface area contributed by atoms with Gasteiger partial charge in [0.2, 0.25) is 0 Å². The van der Waals surface area contributed by atoms with Crippen LogP contribution in [0.4, 0.5) is 0 Å². The summed E-state index contributed by atoms with van der Waals surface area (Å²) in [6, 6.07) is 10.2. The minimum absolute atomic E-state index is 0.595. The summed E-state index contributed by atoms with van der Waals surface area (Å²) < 4.78 is 0. The van der Waals surface area contributed by atoms with Crippen molar-refractivity contribution in [3.8, 4) is 0 Å². The van der Waals surface area contributed by atoms with Gasteiger partial charge in [0.15, 0.2) is 0 Å². The zero-order valence-electron chi connectivity index (χ0n) is 7.66. The Morgan fingerprint density at radius 2 is 1.62 bits per heavy atom. The van der Waals surface area contributed by atoms with Crippen LogP contribution in [0.5, 0.6) is 0 Å². The second kappa shape index (κ2) is 3.65. The number of hydrogen-bond acceptors (Lipinski definition) is 1. The molecule has 1 aliphatic rings. The van der Waals surface area contributed by atoms with Crippen molar-refractivity contribution in [3.05, 3.63) is 41.7 Å². The fraction of sp³-hybridized carbons (Fsp3) is 0.333. The van der Waals surface area contributed by atoms with Gasteiger partial charge in [-0.05, 0) is 30.4 Å². The monoisotopic (exact) mass is 174 g/mol. The quantitative estimate of drug-likeness (QED) is 0.690. The predicted octanol–water partition coefficient (Wildman–Crippen LogP) is 3.53. The summed E-state index contributed by atoms with van der Waals surface area (Å²) in [6.45, 7) is 0. The van der Waals surface area contributed by atoms with Gasteiger partial charge in [-0.15, -0.1) is 0 Å².